The highest BCUT2D eigenvalue weighted by Gasteiger charge is 2.13. The third-order valence-electron chi connectivity index (χ3n) is 2.27. The van der Waals surface area contributed by atoms with Gasteiger partial charge in [-0.05, 0) is 25.1 Å². The Kier molecular flexibility index (Phi) is 3.89. The Morgan fingerprint density at radius 3 is 2.79 bits per heavy atom. The van der Waals surface area contributed by atoms with Crippen LogP contribution in [-0.4, -0.2) is 16.4 Å². The lowest BCUT2D eigenvalue weighted by Gasteiger charge is -2.10. The summed E-state index contributed by atoms with van der Waals surface area (Å²) in [4.78, 5) is 11.2. The average Bonchev–Trinajstić information content (AvgIpc) is 2.61. The first kappa shape index (κ1) is 13.6. The van der Waals surface area contributed by atoms with Crippen molar-refractivity contribution in [1.29, 1.82) is 0 Å². The number of benzene rings is 1. The summed E-state index contributed by atoms with van der Waals surface area (Å²) in [5, 5.41) is 4.45. The van der Waals surface area contributed by atoms with Gasteiger partial charge in [0.15, 0.2) is 0 Å². The van der Waals surface area contributed by atoms with E-state index in [1.165, 1.54) is 0 Å². The summed E-state index contributed by atoms with van der Waals surface area (Å²) < 4.78 is 43.0. The predicted octanol–water partition coefficient (Wildman–Crippen LogP) is 2.40. The van der Waals surface area contributed by atoms with Crippen LogP contribution >= 0.6 is 11.3 Å². The van der Waals surface area contributed by atoms with Crippen LogP contribution in [-0.2, 0) is 6.54 Å². The van der Waals surface area contributed by atoms with Crippen LogP contribution in [0, 0.1) is 12.7 Å². The summed E-state index contributed by atoms with van der Waals surface area (Å²) in [6.45, 7) is -1.49. The minimum absolute atomic E-state index is 0.122. The van der Waals surface area contributed by atoms with Crippen LogP contribution in [0.2, 0.25) is 0 Å². The summed E-state index contributed by atoms with van der Waals surface area (Å²) in [6.07, 6.45) is 0. The van der Waals surface area contributed by atoms with Gasteiger partial charge in [-0.25, -0.2) is 9.07 Å². The summed E-state index contributed by atoms with van der Waals surface area (Å²) in [5.41, 5.74) is 0.132. The maximum Gasteiger partial charge on any atom is 0.387 e. The Hall–Kier alpha value is -1.83. The molecule has 0 N–H and O–H groups in total. The highest BCUT2D eigenvalue weighted by molar-refractivity contribution is 7.08. The molecular formula is C11H9F3N2O2S. The third-order valence-corrected chi connectivity index (χ3v) is 3.03. The molecule has 2 rings (SSSR count). The highest BCUT2D eigenvalue weighted by Crippen LogP contribution is 2.22. The summed E-state index contributed by atoms with van der Waals surface area (Å²) in [5.74, 6) is -0.773. The van der Waals surface area contributed by atoms with E-state index in [4.69, 9.17) is 0 Å². The van der Waals surface area contributed by atoms with E-state index in [-0.39, 0.29) is 22.7 Å². The molecule has 0 saturated heterocycles. The lowest BCUT2D eigenvalue weighted by atomic mass is 10.2. The molecule has 19 heavy (non-hydrogen) atoms. The number of aryl methyl sites for hydroxylation is 1. The Morgan fingerprint density at radius 1 is 1.47 bits per heavy atom. The van der Waals surface area contributed by atoms with E-state index in [9.17, 15) is 18.0 Å². The SMILES string of the molecule is Cc1nn(Cc2cc(F)ccc2OC(F)F)c(=O)s1. The molecule has 1 heterocycles. The first-order valence-corrected chi connectivity index (χ1v) is 6.05. The van der Waals surface area contributed by atoms with Gasteiger partial charge in [0.25, 0.3) is 0 Å². The second-order valence-corrected chi connectivity index (χ2v) is 4.82. The number of ether oxygens (including phenoxy) is 1. The molecule has 102 valence electrons. The Bertz CT molecular complexity index is 639. The van der Waals surface area contributed by atoms with Crippen molar-refractivity contribution in [3.05, 3.63) is 44.3 Å². The Labute approximate surface area is 110 Å². The second-order valence-electron chi connectivity index (χ2n) is 3.68. The average molecular weight is 290 g/mol. The predicted molar refractivity (Wildman–Crippen MR) is 63.2 cm³/mol. The van der Waals surface area contributed by atoms with Crippen LogP contribution in [0.3, 0.4) is 0 Å². The first-order valence-electron chi connectivity index (χ1n) is 5.23. The van der Waals surface area contributed by atoms with Crippen LogP contribution in [0.5, 0.6) is 5.75 Å². The van der Waals surface area contributed by atoms with Gasteiger partial charge in [-0.1, -0.05) is 11.3 Å². The number of rotatable bonds is 4. The molecule has 0 aliphatic heterocycles. The van der Waals surface area contributed by atoms with Crippen molar-refractivity contribution < 1.29 is 17.9 Å². The van der Waals surface area contributed by atoms with E-state index in [0.717, 1.165) is 34.2 Å². The van der Waals surface area contributed by atoms with Crippen LogP contribution in [0.15, 0.2) is 23.0 Å². The number of aromatic nitrogens is 2. The number of alkyl halides is 2. The molecule has 0 atom stereocenters. The first-order chi connectivity index (χ1) is 8.95. The largest absolute Gasteiger partial charge is 0.434 e. The smallest absolute Gasteiger partial charge is 0.387 e. The number of hydrogen-bond donors (Lipinski definition) is 0. The summed E-state index contributed by atoms with van der Waals surface area (Å²) in [6, 6.07) is 3.15. The second kappa shape index (κ2) is 5.43. The zero-order valence-electron chi connectivity index (χ0n) is 9.77. The molecule has 0 aliphatic carbocycles. The molecule has 0 bridgehead atoms. The Balaban J connectivity index is 2.35. The van der Waals surface area contributed by atoms with Crippen molar-refractivity contribution in [2.24, 2.45) is 0 Å². The van der Waals surface area contributed by atoms with E-state index in [2.05, 4.69) is 9.84 Å². The zero-order chi connectivity index (χ0) is 14.0. The molecule has 1 aromatic heterocycles. The zero-order valence-corrected chi connectivity index (χ0v) is 10.6. The van der Waals surface area contributed by atoms with Crippen molar-refractivity contribution in [3.8, 4) is 5.75 Å². The fourth-order valence-electron chi connectivity index (χ4n) is 1.55. The van der Waals surface area contributed by atoms with Gasteiger partial charge in [0.1, 0.15) is 16.6 Å². The molecular weight excluding hydrogens is 281 g/mol. The summed E-state index contributed by atoms with van der Waals surface area (Å²) in [7, 11) is 0. The normalized spacial score (nSPS) is 11.0. The van der Waals surface area contributed by atoms with Crippen molar-refractivity contribution in [2.45, 2.75) is 20.1 Å². The molecule has 0 spiro atoms. The van der Waals surface area contributed by atoms with Crippen LogP contribution in [0.25, 0.3) is 0 Å². The van der Waals surface area contributed by atoms with Gasteiger partial charge in [-0.15, -0.1) is 0 Å². The van der Waals surface area contributed by atoms with E-state index in [0.29, 0.717) is 5.01 Å². The van der Waals surface area contributed by atoms with Gasteiger partial charge < -0.3 is 4.74 Å². The number of hydrogen-bond acceptors (Lipinski definition) is 4. The minimum Gasteiger partial charge on any atom is -0.434 e. The van der Waals surface area contributed by atoms with E-state index in [1.54, 1.807) is 6.92 Å². The molecule has 0 amide bonds. The van der Waals surface area contributed by atoms with Gasteiger partial charge in [0, 0.05) is 5.56 Å². The van der Waals surface area contributed by atoms with Crippen molar-refractivity contribution in [1.82, 2.24) is 9.78 Å². The van der Waals surface area contributed by atoms with Gasteiger partial charge in [-0.2, -0.15) is 13.9 Å². The molecule has 4 nitrogen and oxygen atoms in total. The summed E-state index contributed by atoms with van der Waals surface area (Å²) >= 11 is 0.926. The monoisotopic (exact) mass is 290 g/mol. The van der Waals surface area contributed by atoms with Crippen LogP contribution in [0.1, 0.15) is 10.6 Å². The lowest BCUT2D eigenvalue weighted by Crippen LogP contribution is -2.17. The third kappa shape index (κ3) is 3.34. The molecule has 0 saturated carbocycles. The molecule has 2 aromatic rings. The van der Waals surface area contributed by atoms with Gasteiger partial charge in [0.05, 0.1) is 6.54 Å². The number of nitrogens with zero attached hydrogens (tertiary/aromatic N) is 2. The number of halogens is 3. The van der Waals surface area contributed by atoms with E-state index >= 15 is 0 Å². The van der Waals surface area contributed by atoms with E-state index < -0.39 is 12.4 Å². The van der Waals surface area contributed by atoms with Gasteiger partial charge in [0.2, 0.25) is 0 Å². The van der Waals surface area contributed by atoms with Gasteiger partial charge >= 0.3 is 11.5 Å². The maximum absolute atomic E-state index is 13.1. The van der Waals surface area contributed by atoms with Crippen molar-refractivity contribution in [2.75, 3.05) is 0 Å². The quantitative estimate of drug-likeness (QED) is 0.868. The molecule has 0 unspecified atom stereocenters. The fourth-order valence-corrected chi connectivity index (χ4v) is 2.16. The minimum atomic E-state index is -3.02. The van der Waals surface area contributed by atoms with Crippen molar-refractivity contribution in [3.63, 3.8) is 0 Å². The van der Waals surface area contributed by atoms with Gasteiger partial charge in [-0.3, -0.25) is 4.79 Å². The standard InChI is InChI=1S/C11H9F3N2O2S/c1-6-15-16(11(17)19-6)5-7-4-8(12)2-3-9(7)18-10(13)14/h2-4,10H,5H2,1H3. The Morgan fingerprint density at radius 2 is 2.21 bits per heavy atom. The van der Waals surface area contributed by atoms with Crippen molar-refractivity contribution >= 4 is 11.3 Å². The molecule has 0 aliphatic rings. The van der Waals surface area contributed by atoms with Crippen LogP contribution in [0.4, 0.5) is 13.2 Å². The topological polar surface area (TPSA) is 44.1 Å². The fraction of sp³-hybridized carbons (Fsp3) is 0.273. The molecule has 1 aromatic carbocycles. The highest BCUT2D eigenvalue weighted by atomic mass is 32.1. The molecule has 0 fully saturated rings. The molecule has 0 radical (unpaired) electrons. The lowest BCUT2D eigenvalue weighted by molar-refractivity contribution is -0.0505. The molecule has 8 heteroatoms. The van der Waals surface area contributed by atoms with Crippen LogP contribution < -0.4 is 9.61 Å². The maximum atomic E-state index is 13.1. The van der Waals surface area contributed by atoms with E-state index in [1.807, 2.05) is 0 Å².